The van der Waals surface area contributed by atoms with Crippen molar-refractivity contribution in [3.63, 3.8) is 0 Å². The van der Waals surface area contributed by atoms with Crippen LogP contribution in [0.4, 0.5) is 4.39 Å². The van der Waals surface area contributed by atoms with Crippen LogP contribution in [-0.4, -0.2) is 49.9 Å². The van der Waals surface area contributed by atoms with E-state index in [1.165, 1.54) is 19.2 Å². The minimum absolute atomic E-state index is 0.0249. The van der Waals surface area contributed by atoms with Crippen molar-refractivity contribution in [1.29, 1.82) is 0 Å². The summed E-state index contributed by atoms with van der Waals surface area (Å²) >= 11 is 0. The van der Waals surface area contributed by atoms with Gasteiger partial charge in [-0.25, -0.2) is 4.39 Å². The summed E-state index contributed by atoms with van der Waals surface area (Å²) in [5.41, 5.74) is 0.606. The van der Waals surface area contributed by atoms with Crippen molar-refractivity contribution in [3.05, 3.63) is 58.9 Å². The average Bonchev–Trinajstić information content (AvgIpc) is 2.93. The van der Waals surface area contributed by atoms with Crippen LogP contribution < -0.4 is 14.8 Å². The molecular weight excluding hydrogens is 367 g/mol. The van der Waals surface area contributed by atoms with E-state index in [2.05, 4.69) is 5.32 Å². The Balaban J connectivity index is 1.56. The summed E-state index contributed by atoms with van der Waals surface area (Å²) in [4.78, 5) is 37.4. The van der Waals surface area contributed by atoms with Gasteiger partial charge in [0.2, 0.25) is 5.91 Å². The topological polar surface area (TPSA) is 84.9 Å². The summed E-state index contributed by atoms with van der Waals surface area (Å²) in [6, 6.07) is 9.25. The number of methoxy groups -OCH3 is 2. The van der Waals surface area contributed by atoms with Gasteiger partial charge >= 0.3 is 0 Å². The predicted molar refractivity (Wildman–Crippen MR) is 98.0 cm³/mol. The number of ether oxygens (including phenoxy) is 2. The standard InChI is InChI=1S/C20H19FN2O5/c1-27-15-7-6-12(10-16(15)28-2)8-9-22-17(24)11-23-19(25)13-4-3-5-14(21)18(13)20(23)26/h3-7,10H,8-9,11H2,1-2H3,(H,22,24). The molecule has 0 fully saturated rings. The van der Waals surface area contributed by atoms with E-state index < -0.39 is 30.1 Å². The number of nitrogens with zero attached hydrogens (tertiary/aromatic N) is 1. The maximum atomic E-state index is 13.8. The third kappa shape index (κ3) is 3.66. The molecule has 1 N–H and O–H groups in total. The summed E-state index contributed by atoms with van der Waals surface area (Å²) in [5.74, 6) is -1.56. The SMILES string of the molecule is COc1ccc(CCNC(=O)CN2C(=O)c3cccc(F)c3C2=O)cc1OC. The van der Waals surface area contributed by atoms with E-state index in [0.29, 0.717) is 24.5 Å². The quantitative estimate of drug-likeness (QED) is 0.734. The van der Waals surface area contributed by atoms with E-state index >= 15 is 0 Å². The molecule has 0 bridgehead atoms. The Labute approximate surface area is 161 Å². The van der Waals surface area contributed by atoms with Crippen LogP contribution in [0.5, 0.6) is 11.5 Å². The number of benzene rings is 2. The Hall–Kier alpha value is -3.42. The van der Waals surface area contributed by atoms with Crippen molar-refractivity contribution in [3.8, 4) is 11.5 Å². The van der Waals surface area contributed by atoms with Gasteiger partial charge in [-0.1, -0.05) is 12.1 Å². The lowest BCUT2D eigenvalue weighted by Gasteiger charge is -2.14. The van der Waals surface area contributed by atoms with Crippen LogP contribution >= 0.6 is 0 Å². The molecule has 0 radical (unpaired) electrons. The molecule has 0 aromatic heterocycles. The molecule has 2 aromatic rings. The molecule has 8 heteroatoms. The van der Waals surface area contributed by atoms with Crippen LogP contribution in [0.1, 0.15) is 26.3 Å². The van der Waals surface area contributed by atoms with Crippen molar-refractivity contribution in [2.24, 2.45) is 0 Å². The van der Waals surface area contributed by atoms with Gasteiger partial charge in [-0.2, -0.15) is 0 Å². The molecule has 0 unspecified atom stereocenters. The second kappa shape index (κ2) is 8.08. The minimum atomic E-state index is -0.798. The summed E-state index contributed by atoms with van der Waals surface area (Å²) in [6.07, 6.45) is 0.517. The molecule has 3 rings (SSSR count). The van der Waals surface area contributed by atoms with Crippen LogP contribution in [0.15, 0.2) is 36.4 Å². The molecular formula is C20H19FN2O5. The Morgan fingerprint density at radius 2 is 1.82 bits per heavy atom. The second-order valence-electron chi connectivity index (χ2n) is 6.15. The summed E-state index contributed by atoms with van der Waals surface area (Å²) < 4.78 is 24.2. The predicted octanol–water partition coefficient (Wildman–Crippen LogP) is 1.80. The van der Waals surface area contributed by atoms with Gasteiger partial charge in [-0.3, -0.25) is 19.3 Å². The normalized spacial score (nSPS) is 12.8. The van der Waals surface area contributed by atoms with E-state index in [1.54, 1.807) is 19.2 Å². The molecule has 1 aliphatic rings. The monoisotopic (exact) mass is 386 g/mol. The van der Waals surface area contributed by atoms with Crippen molar-refractivity contribution in [1.82, 2.24) is 10.2 Å². The fraction of sp³-hybridized carbons (Fsp3) is 0.250. The minimum Gasteiger partial charge on any atom is -0.493 e. The van der Waals surface area contributed by atoms with E-state index in [-0.39, 0.29) is 11.1 Å². The lowest BCUT2D eigenvalue weighted by atomic mass is 10.1. The van der Waals surface area contributed by atoms with Gasteiger partial charge in [0.1, 0.15) is 12.4 Å². The third-order valence-electron chi connectivity index (χ3n) is 4.43. The van der Waals surface area contributed by atoms with Crippen molar-refractivity contribution in [2.45, 2.75) is 6.42 Å². The summed E-state index contributed by atoms with van der Waals surface area (Å²) in [5, 5.41) is 2.66. The number of hydrogen-bond acceptors (Lipinski definition) is 5. The second-order valence-corrected chi connectivity index (χ2v) is 6.15. The lowest BCUT2D eigenvalue weighted by Crippen LogP contribution is -2.40. The van der Waals surface area contributed by atoms with Crippen LogP contribution in [0.2, 0.25) is 0 Å². The number of halogens is 1. The molecule has 3 amide bonds. The van der Waals surface area contributed by atoms with Gasteiger partial charge < -0.3 is 14.8 Å². The van der Waals surface area contributed by atoms with E-state index in [0.717, 1.165) is 16.5 Å². The highest BCUT2D eigenvalue weighted by Gasteiger charge is 2.38. The maximum Gasteiger partial charge on any atom is 0.265 e. The zero-order valence-electron chi connectivity index (χ0n) is 15.5. The molecule has 1 aliphatic heterocycles. The van der Waals surface area contributed by atoms with Crippen molar-refractivity contribution in [2.75, 3.05) is 27.3 Å². The molecule has 146 valence electrons. The van der Waals surface area contributed by atoms with Crippen molar-refractivity contribution < 1.29 is 28.2 Å². The van der Waals surface area contributed by atoms with Crippen LogP contribution in [0.3, 0.4) is 0 Å². The number of nitrogens with one attached hydrogen (secondary N) is 1. The van der Waals surface area contributed by atoms with Gasteiger partial charge in [0.05, 0.1) is 25.3 Å². The molecule has 1 heterocycles. The molecule has 2 aromatic carbocycles. The highest BCUT2D eigenvalue weighted by atomic mass is 19.1. The first-order valence-corrected chi connectivity index (χ1v) is 8.58. The highest BCUT2D eigenvalue weighted by Crippen LogP contribution is 2.27. The van der Waals surface area contributed by atoms with E-state index in [1.807, 2.05) is 6.07 Å². The Morgan fingerprint density at radius 1 is 1.07 bits per heavy atom. The van der Waals surface area contributed by atoms with E-state index in [4.69, 9.17) is 9.47 Å². The largest absolute Gasteiger partial charge is 0.493 e. The smallest absolute Gasteiger partial charge is 0.265 e. The van der Waals surface area contributed by atoms with Gasteiger partial charge in [0.25, 0.3) is 11.8 Å². The van der Waals surface area contributed by atoms with Crippen LogP contribution in [-0.2, 0) is 11.2 Å². The number of amides is 3. The molecule has 0 saturated carbocycles. The lowest BCUT2D eigenvalue weighted by molar-refractivity contribution is -0.121. The fourth-order valence-corrected chi connectivity index (χ4v) is 3.02. The highest BCUT2D eigenvalue weighted by molar-refractivity contribution is 6.22. The average molecular weight is 386 g/mol. The molecule has 0 saturated heterocycles. The zero-order chi connectivity index (χ0) is 20.3. The van der Waals surface area contributed by atoms with Gasteiger partial charge in [0.15, 0.2) is 11.5 Å². The number of carbonyl (C=O) groups is 3. The summed E-state index contributed by atoms with van der Waals surface area (Å²) in [7, 11) is 3.08. The first-order valence-electron chi connectivity index (χ1n) is 8.58. The van der Waals surface area contributed by atoms with Gasteiger partial charge in [-0.05, 0) is 36.2 Å². The number of imide groups is 1. The van der Waals surface area contributed by atoms with Crippen molar-refractivity contribution >= 4 is 17.7 Å². The molecule has 0 atom stereocenters. The maximum absolute atomic E-state index is 13.8. The molecule has 0 aliphatic carbocycles. The van der Waals surface area contributed by atoms with E-state index in [9.17, 15) is 18.8 Å². The summed E-state index contributed by atoms with van der Waals surface area (Å²) in [6.45, 7) is -0.163. The Kier molecular flexibility index (Phi) is 5.58. The first kappa shape index (κ1) is 19.3. The number of hydrogen-bond donors (Lipinski definition) is 1. The van der Waals surface area contributed by atoms with Crippen LogP contribution in [0.25, 0.3) is 0 Å². The van der Waals surface area contributed by atoms with Gasteiger partial charge in [-0.15, -0.1) is 0 Å². The first-order chi connectivity index (χ1) is 13.5. The molecule has 28 heavy (non-hydrogen) atoms. The fourth-order valence-electron chi connectivity index (χ4n) is 3.02. The van der Waals surface area contributed by atoms with Gasteiger partial charge in [0, 0.05) is 6.54 Å². The Bertz CT molecular complexity index is 944. The third-order valence-corrected chi connectivity index (χ3v) is 4.43. The number of carbonyl (C=O) groups excluding carboxylic acids is 3. The molecule has 7 nitrogen and oxygen atoms in total. The van der Waals surface area contributed by atoms with Crippen LogP contribution in [0, 0.1) is 5.82 Å². The zero-order valence-corrected chi connectivity index (χ0v) is 15.5. The number of rotatable bonds is 7. The Morgan fingerprint density at radius 3 is 2.50 bits per heavy atom. The number of fused-ring (bicyclic) bond motifs is 1. The molecule has 0 spiro atoms.